The van der Waals surface area contributed by atoms with Crippen molar-refractivity contribution in [1.82, 2.24) is 14.9 Å². The van der Waals surface area contributed by atoms with Crippen LogP contribution >= 0.6 is 11.6 Å². The predicted octanol–water partition coefficient (Wildman–Crippen LogP) is 3.70. The number of rotatable bonds is 2. The number of hydrogen-bond donors (Lipinski definition) is 0. The average Bonchev–Trinajstić information content (AvgIpc) is 2.73. The van der Waals surface area contributed by atoms with Gasteiger partial charge in [-0.3, -0.25) is 4.90 Å². The van der Waals surface area contributed by atoms with Crippen molar-refractivity contribution in [3.63, 3.8) is 0 Å². The van der Waals surface area contributed by atoms with Crippen LogP contribution in [0.15, 0.2) is 30.5 Å². The SMILES string of the molecule is Cc1ncc2c(n1)C[C@H]1CC[C@H]2N1Cc1cccc(Cl)c1. The highest BCUT2D eigenvalue weighted by Gasteiger charge is 2.40. The fraction of sp³-hybridized carbons (Fsp3) is 0.412. The zero-order valence-corrected chi connectivity index (χ0v) is 12.8. The van der Waals surface area contributed by atoms with Gasteiger partial charge in [0.1, 0.15) is 5.82 Å². The van der Waals surface area contributed by atoms with E-state index in [1.165, 1.54) is 29.7 Å². The van der Waals surface area contributed by atoms with Crippen molar-refractivity contribution >= 4 is 11.6 Å². The maximum Gasteiger partial charge on any atom is 0.125 e. The molecule has 0 spiro atoms. The lowest BCUT2D eigenvalue weighted by Crippen LogP contribution is -2.37. The smallest absolute Gasteiger partial charge is 0.125 e. The molecule has 3 nitrogen and oxygen atoms in total. The zero-order chi connectivity index (χ0) is 14.4. The molecule has 0 amide bonds. The third-order valence-electron chi connectivity index (χ3n) is 4.71. The van der Waals surface area contributed by atoms with Gasteiger partial charge in [-0.05, 0) is 37.5 Å². The first-order valence-electron chi connectivity index (χ1n) is 7.53. The van der Waals surface area contributed by atoms with Gasteiger partial charge in [0.05, 0.1) is 5.69 Å². The van der Waals surface area contributed by atoms with E-state index in [1.54, 1.807) is 0 Å². The number of nitrogens with zero attached hydrogens (tertiary/aromatic N) is 3. The molecule has 4 rings (SSSR count). The second-order valence-electron chi connectivity index (χ2n) is 6.07. The van der Waals surface area contributed by atoms with Crippen molar-refractivity contribution < 1.29 is 0 Å². The Morgan fingerprint density at radius 3 is 3.10 bits per heavy atom. The molecule has 4 heteroatoms. The zero-order valence-electron chi connectivity index (χ0n) is 12.1. The van der Waals surface area contributed by atoms with Gasteiger partial charge in [0.15, 0.2) is 0 Å². The molecule has 0 N–H and O–H groups in total. The summed E-state index contributed by atoms with van der Waals surface area (Å²) in [5.41, 5.74) is 3.88. The van der Waals surface area contributed by atoms with Gasteiger partial charge >= 0.3 is 0 Å². The van der Waals surface area contributed by atoms with E-state index < -0.39 is 0 Å². The lowest BCUT2D eigenvalue weighted by Gasteiger charge is -2.35. The van der Waals surface area contributed by atoms with Crippen LogP contribution in [0.25, 0.3) is 0 Å². The molecule has 2 atom stereocenters. The van der Waals surface area contributed by atoms with Crippen LogP contribution in [-0.2, 0) is 13.0 Å². The lowest BCUT2D eigenvalue weighted by molar-refractivity contribution is 0.166. The quantitative estimate of drug-likeness (QED) is 0.846. The van der Waals surface area contributed by atoms with E-state index in [0.717, 1.165) is 23.8 Å². The Bertz CT molecular complexity index is 685. The summed E-state index contributed by atoms with van der Waals surface area (Å²) >= 11 is 6.11. The minimum Gasteiger partial charge on any atom is -0.289 e. The van der Waals surface area contributed by atoms with Crippen LogP contribution in [0.2, 0.25) is 5.02 Å². The molecule has 21 heavy (non-hydrogen) atoms. The predicted molar refractivity (Wildman–Crippen MR) is 83.2 cm³/mol. The van der Waals surface area contributed by atoms with Crippen LogP contribution in [0.5, 0.6) is 0 Å². The van der Waals surface area contributed by atoms with Crippen LogP contribution in [0.1, 0.15) is 41.5 Å². The first-order valence-corrected chi connectivity index (χ1v) is 7.91. The minimum absolute atomic E-state index is 0.471. The Morgan fingerprint density at radius 2 is 2.24 bits per heavy atom. The summed E-state index contributed by atoms with van der Waals surface area (Å²) in [6.07, 6.45) is 5.55. The van der Waals surface area contributed by atoms with Crippen molar-refractivity contribution in [1.29, 1.82) is 0 Å². The lowest BCUT2D eigenvalue weighted by atomic mass is 9.98. The van der Waals surface area contributed by atoms with Gasteiger partial charge in [-0.25, -0.2) is 9.97 Å². The summed E-state index contributed by atoms with van der Waals surface area (Å²) in [5, 5.41) is 0.816. The van der Waals surface area contributed by atoms with E-state index in [-0.39, 0.29) is 0 Å². The molecule has 2 aliphatic rings. The van der Waals surface area contributed by atoms with Gasteiger partial charge in [0, 0.05) is 41.8 Å². The van der Waals surface area contributed by atoms with Crippen LogP contribution in [0.3, 0.4) is 0 Å². The van der Waals surface area contributed by atoms with Crippen molar-refractivity contribution in [2.45, 2.75) is 44.8 Å². The molecule has 2 aromatic rings. The highest BCUT2D eigenvalue weighted by Crippen LogP contribution is 2.43. The third kappa shape index (κ3) is 2.34. The van der Waals surface area contributed by atoms with Gasteiger partial charge in [0.25, 0.3) is 0 Å². The number of benzene rings is 1. The molecule has 1 aromatic heterocycles. The molecule has 0 unspecified atom stereocenters. The minimum atomic E-state index is 0.471. The monoisotopic (exact) mass is 299 g/mol. The van der Waals surface area contributed by atoms with E-state index in [4.69, 9.17) is 11.6 Å². The van der Waals surface area contributed by atoms with Gasteiger partial charge in [-0.15, -0.1) is 0 Å². The molecule has 1 fully saturated rings. The molecular weight excluding hydrogens is 282 g/mol. The largest absolute Gasteiger partial charge is 0.289 e. The summed E-state index contributed by atoms with van der Waals surface area (Å²) < 4.78 is 0. The van der Waals surface area contributed by atoms with E-state index in [9.17, 15) is 0 Å². The first kappa shape index (κ1) is 13.2. The highest BCUT2D eigenvalue weighted by molar-refractivity contribution is 6.30. The normalized spacial score (nSPS) is 24.1. The van der Waals surface area contributed by atoms with E-state index in [0.29, 0.717) is 12.1 Å². The molecule has 0 radical (unpaired) electrons. The van der Waals surface area contributed by atoms with Gasteiger partial charge in [0.2, 0.25) is 0 Å². The van der Waals surface area contributed by atoms with Crippen molar-refractivity contribution in [2.24, 2.45) is 0 Å². The maximum absolute atomic E-state index is 6.11. The molecule has 3 heterocycles. The Kier molecular flexibility index (Phi) is 3.20. The van der Waals surface area contributed by atoms with Crippen molar-refractivity contribution in [3.8, 4) is 0 Å². The second-order valence-corrected chi connectivity index (χ2v) is 6.51. The van der Waals surface area contributed by atoms with Gasteiger partial charge < -0.3 is 0 Å². The summed E-state index contributed by atoms with van der Waals surface area (Å²) in [7, 11) is 0. The van der Waals surface area contributed by atoms with Crippen molar-refractivity contribution in [3.05, 3.63) is 58.1 Å². The van der Waals surface area contributed by atoms with Gasteiger partial charge in [-0.1, -0.05) is 23.7 Å². The fourth-order valence-corrected chi connectivity index (χ4v) is 3.98. The van der Waals surface area contributed by atoms with Crippen LogP contribution in [-0.4, -0.2) is 20.9 Å². The molecular formula is C17H18ClN3. The Balaban J connectivity index is 1.65. The summed E-state index contributed by atoms with van der Waals surface area (Å²) in [6.45, 7) is 2.93. The van der Waals surface area contributed by atoms with Crippen LogP contribution in [0.4, 0.5) is 0 Å². The molecule has 0 aliphatic carbocycles. The molecule has 1 aromatic carbocycles. The van der Waals surface area contributed by atoms with E-state index >= 15 is 0 Å². The van der Waals surface area contributed by atoms with Gasteiger partial charge in [-0.2, -0.15) is 0 Å². The highest BCUT2D eigenvalue weighted by atomic mass is 35.5. The Labute approximate surface area is 130 Å². The summed E-state index contributed by atoms with van der Waals surface area (Å²) in [5.74, 6) is 0.886. The second kappa shape index (κ2) is 5.08. The third-order valence-corrected chi connectivity index (χ3v) is 4.94. The van der Waals surface area contributed by atoms with E-state index in [2.05, 4.69) is 27.0 Å². The fourth-order valence-electron chi connectivity index (χ4n) is 3.77. The number of halogens is 1. The molecule has 1 saturated heterocycles. The molecule has 108 valence electrons. The molecule has 0 saturated carbocycles. The number of fused-ring (bicyclic) bond motifs is 4. The summed E-state index contributed by atoms with van der Waals surface area (Å²) in [4.78, 5) is 11.7. The van der Waals surface area contributed by atoms with E-state index in [1.807, 2.05) is 25.3 Å². The molecule has 2 aliphatic heterocycles. The first-order chi connectivity index (χ1) is 10.2. The summed E-state index contributed by atoms with van der Waals surface area (Å²) in [6, 6.07) is 9.27. The maximum atomic E-state index is 6.11. The topological polar surface area (TPSA) is 29.0 Å². The standard InChI is InChI=1S/C17H18ClN3/c1-11-19-9-15-16(20-11)8-14-5-6-17(15)21(14)10-12-3-2-4-13(18)7-12/h2-4,7,9,14,17H,5-6,8,10H2,1H3/t14-,17-/m1/s1. The average molecular weight is 300 g/mol. The van der Waals surface area contributed by atoms with Crippen LogP contribution < -0.4 is 0 Å². The Morgan fingerprint density at radius 1 is 1.33 bits per heavy atom. The number of aromatic nitrogens is 2. The number of aryl methyl sites for hydroxylation is 1. The van der Waals surface area contributed by atoms with Crippen molar-refractivity contribution in [2.75, 3.05) is 0 Å². The molecule has 2 bridgehead atoms. The number of hydrogen-bond acceptors (Lipinski definition) is 3. The van der Waals surface area contributed by atoms with Crippen LogP contribution in [0, 0.1) is 6.92 Å². The Hall–Kier alpha value is -1.45.